The number of nitrogens with zero attached hydrogens (tertiary/aromatic N) is 3. The van der Waals surface area contributed by atoms with Crippen LogP contribution in [0, 0.1) is 24.0 Å². The zero-order valence-corrected chi connectivity index (χ0v) is 9.06. The van der Waals surface area contributed by atoms with Crippen LogP contribution < -0.4 is 11.3 Å². The average Bonchev–Trinajstić information content (AvgIpc) is 2.50. The first-order chi connectivity index (χ1) is 7.47. The lowest BCUT2D eigenvalue weighted by Gasteiger charge is -2.02. The summed E-state index contributed by atoms with van der Waals surface area (Å²) in [6.07, 6.45) is 0.135. The van der Waals surface area contributed by atoms with Gasteiger partial charge in [-0.15, -0.1) is 0 Å². The molecule has 0 aliphatic heterocycles. The van der Waals surface area contributed by atoms with E-state index in [2.05, 4.69) is 5.10 Å². The Labute approximate surface area is 91.5 Å². The number of nitrogens with one attached hydrogen (secondary N) is 1. The molecule has 1 aromatic heterocycles. The number of hydrazine groups is 1. The molecular weight excluding hydrogens is 214 g/mol. The van der Waals surface area contributed by atoms with E-state index in [1.165, 1.54) is 4.68 Å². The molecule has 0 spiro atoms. The Balaban J connectivity index is 2.87. The summed E-state index contributed by atoms with van der Waals surface area (Å²) < 4.78 is 1.43. The molecule has 0 bridgehead atoms. The number of hydrogen-bond acceptors (Lipinski definition) is 5. The van der Waals surface area contributed by atoms with Crippen LogP contribution in [0.25, 0.3) is 0 Å². The van der Waals surface area contributed by atoms with E-state index in [0.29, 0.717) is 11.4 Å². The minimum atomic E-state index is -0.475. The summed E-state index contributed by atoms with van der Waals surface area (Å²) in [6.45, 7) is 3.42. The van der Waals surface area contributed by atoms with Crippen molar-refractivity contribution >= 4 is 11.6 Å². The molecule has 1 heterocycles. The van der Waals surface area contributed by atoms with Crippen molar-refractivity contribution in [2.75, 3.05) is 0 Å². The van der Waals surface area contributed by atoms with Gasteiger partial charge in [-0.1, -0.05) is 0 Å². The van der Waals surface area contributed by atoms with E-state index < -0.39 is 4.92 Å². The summed E-state index contributed by atoms with van der Waals surface area (Å²) in [5.74, 6) is 4.58. The number of amides is 1. The maximum absolute atomic E-state index is 10.9. The van der Waals surface area contributed by atoms with Crippen molar-refractivity contribution < 1.29 is 9.72 Å². The van der Waals surface area contributed by atoms with Crippen molar-refractivity contribution in [1.82, 2.24) is 15.2 Å². The predicted octanol–water partition coefficient (Wildman–Crippen LogP) is -0.212. The Bertz CT molecular complexity index is 426. The molecule has 0 aromatic carbocycles. The van der Waals surface area contributed by atoms with E-state index in [1.807, 2.05) is 5.43 Å². The van der Waals surface area contributed by atoms with Gasteiger partial charge in [0.15, 0.2) is 0 Å². The van der Waals surface area contributed by atoms with E-state index in [4.69, 9.17) is 5.84 Å². The molecule has 16 heavy (non-hydrogen) atoms. The lowest BCUT2D eigenvalue weighted by atomic mass is 10.3. The first-order valence-electron chi connectivity index (χ1n) is 4.65. The lowest BCUT2D eigenvalue weighted by molar-refractivity contribution is -0.386. The summed E-state index contributed by atoms with van der Waals surface area (Å²) in [4.78, 5) is 21.1. The third-order valence-corrected chi connectivity index (χ3v) is 2.24. The zero-order chi connectivity index (χ0) is 12.3. The van der Waals surface area contributed by atoms with Crippen LogP contribution in [0.3, 0.4) is 0 Å². The third-order valence-electron chi connectivity index (χ3n) is 2.24. The summed E-state index contributed by atoms with van der Waals surface area (Å²) in [5, 5.41) is 14.7. The SMILES string of the molecule is Cc1nn(CCC(=O)NN)c(C)c1[N+](=O)[O-]. The zero-order valence-electron chi connectivity index (χ0n) is 9.06. The topological polar surface area (TPSA) is 116 Å². The minimum Gasteiger partial charge on any atom is -0.294 e. The van der Waals surface area contributed by atoms with E-state index in [9.17, 15) is 14.9 Å². The van der Waals surface area contributed by atoms with Crippen molar-refractivity contribution in [2.45, 2.75) is 26.8 Å². The number of aromatic nitrogens is 2. The molecule has 1 rings (SSSR count). The van der Waals surface area contributed by atoms with Gasteiger partial charge in [-0.3, -0.25) is 25.0 Å². The van der Waals surface area contributed by atoms with Gasteiger partial charge in [0, 0.05) is 6.42 Å². The molecule has 0 atom stereocenters. The number of rotatable bonds is 4. The van der Waals surface area contributed by atoms with Gasteiger partial charge in [0.2, 0.25) is 5.91 Å². The van der Waals surface area contributed by atoms with Gasteiger partial charge < -0.3 is 0 Å². The van der Waals surface area contributed by atoms with Crippen molar-refractivity contribution in [3.05, 3.63) is 21.5 Å². The molecule has 88 valence electrons. The van der Waals surface area contributed by atoms with Gasteiger partial charge in [-0.05, 0) is 13.8 Å². The maximum Gasteiger partial charge on any atom is 0.312 e. The van der Waals surface area contributed by atoms with E-state index in [1.54, 1.807) is 13.8 Å². The summed E-state index contributed by atoms with van der Waals surface area (Å²) in [5.41, 5.74) is 2.76. The maximum atomic E-state index is 10.9. The van der Waals surface area contributed by atoms with Crippen LogP contribution in [0.15, 0.2) is 0 Å². The Morgan fingerprint density at radius 3 is 2.69 bits per heavy atom. The van der Waals surface area contributed by atoms with E-state index in [-0.39, 0.29) is 24.6 Å². The van der Waals surface area contributed by atoms with Gasteiger partial charge in [-0.25, -0.2) is 5.84 Å². The second-order valence-corrected chi connectivity index (χ2v) is 3.32. The standard InChI is InChI=1S/C8H13N5O3/c1-5-8(13(15)16)6(2)12(11-5)4-3-7(14)10-9/h3-4,9H2,1-2H3,(H,10,14). The summed E-state index contributed by atoms with van der Waals surface area (Å²) in [7, 11) is 0. The molecule has 8 nitrogen and oxygen atoms in total. The molecular formula is C8H13N5O3. The van der Waals surface area contributed by atoms with Crippen LogP contribution in [0.1, 0.15) is 17.8 Å². The van der Waals surface area contributed by atoms with Crippen LogP contribution >= 0.6 is 0 Å². The number of carbonyl (C=O) groups excluding carboxylic acids is 1. The molecule has 0 saturated carbocycles. The fourth-order valence-corrected chi connectivity index (χ4v) is 1.45. The first-order valence-corrected chi connectivity index (χ1v) is 4.65. The normalized spacial score (nSPS) is 10.2. The van der Waals surface area contributed by atoms with Gasteiger partial charge in [0.1, 0.15) is 11.4 Å². The summed E-state index contributed by atoms with van der Waals surface area (Å²) >= 11 is 0. The molecule has 1 amide bonds. The smallest absolute Gasteiger partial charge is 0.294 e. The fourth-order valence-electron chi connectivity index (χ4n) is 1.45. The van der Waals surface area contributed by atoms with Crippen LogP contribution in [0.5, 0.6) is 0 Å². The summed E-state index contributed by atoms with van der Waals surface area (Å²) in [6, 6.07) is 0. The van der Waals surface area contributed by atoms with Crippen molar-refractivity contribution in [3.8, 4) is 0 Å². The quantitative estimate of drug-likeness (QED) is 0.319. The number of hydrogen-bond donors (Lipinski definition) is 2. The number of nitrogens with two attached hydrogens (primary N) is 1. The highest BCUT2D eigenvalue weighted by Crippen LogP contribution is 2.21. The molecule has 1 aromatic rings. The van der Waals surface area contributed by atoms with Crippen LogP contribution in [-0.2, 0) is 11.3 Å². The van der Waals surface area contributed by atoms with Crippen molar-refractivity contribution in [2.24, 2.45) is 5.84 Å². The Kier molecular flexibility index (Phi) is 3.56. The molecule has 0 fully saturated rings. The van der Waals surface area contributed by atoms with Gasteiger partial charge >= 0.3 is 5.69 Å². The second kappa shape index (κ2) is 4.71. The molecule has 0 saturated heterocycles. The van der Waals surface area contributed by atoms with Gasteiger partial charge in [0.25, 0.3) is 0 Å². The number of aryl methyl sites for hydroxylation is 2. The van der Waals surface area contributed by atoms with Crippen LogP contribution in [0.2, 0.25) is 0 Å². The van der Waals surface area contributed by atoms with E-state index in [0.717, 1.165) is 0 Å². The van der Waals surface area contributed by atoms with Crippen LogP contribution in [0.4, 0.5) is 5.69 Å². The molecule has 0 radical (unpaired) electrons. The van der Waals surface area contributed by atoms with Gasteiger partial charge in [0.05, 0.1) is 11.5 Å². The average molecular weight is 227 g/mol. The lowest BCUT2D eigenvalue weighted by Crippen LogP contribution is -2.30. The van der Waals surface area contributed by atoms with Crippen LogP contribution in [-0.4, -0.2) is 20.6 Å². The Morgan fingerprint density at radius 1 is 1.62 bits per heavy atom. The van der Waals surface area contributed by atoms with Crippen molar-refractivity contribution in [1.29, 1.82) is 0 Å². The highest BCUT2D eigenvalue weighted by molar-refractivity contribution is 5.75. The van der Waals surface area contributed by atoms with E-state index >= 15 is 0 Å². The molecule has 0 aliphatic carbocycles. The Morgan fingerprint density at radius 2 is 2.25 bits per heavy atom. The number of nitro groups is 1. The second-order valence-electron chi connectivity index (χ2n) is 3.32. The predicted molar refractivity (Wildman–Crippen MR) is 55.3 cm³/mol. The number of carbonyl (C=O) groups is 1. The fraction of sp³-hybridized carbons (Fsp3) is 0.500. The largest absolute Gasteiger partial charge is 0.312 e. The Hall–Kier alpha value is -1.96. The highest BCUT2D eigenvalue weighted by Gasteiger charge is 2.21. The van der Waals surface area contributed by atoms with Crippen molar-refractivity contribution in [3.63, 3.8) is 0 Å². The molecule has 3 N–H and O–H groups in total. The monoisotopic (exact) mass is 227 g/mol. The minimum absolute atomic E-state index is 0.00634. The molecule has 0 unspecified atom stereocenters. The molecule has 8 heteroatoms. The third kappa shape index (κ3) is 2.34. The highest BCUT2D eigenvalue weighted by atomic mass is 16.6. The molecule has 0 aliphatic rings. The van der Waals surface area contributed by atoms with Gasteiger partial charge in [-0.2, -0.15) is 5.10 Å². The first kappa shape index (κ1) is 12.1.